The largest absolute Gasteiger partial charge is 0.399 e. The topological polar surface area (TPSA) is 50.5 Å². The Morgan fingerprint density at radius 3 is 2.44 bits per heavy atom. The summed E-state index contributed by atoms with van der Waals surface area (Å²) in [5.41, 5.74) is 8.81. The van der Waals surface area contributed by atoms with E-state index in [2.05, 4.69) is 36.2 Å². The molecular weight excluding hydrogens is 310 g/mol. The van der Waals surface area contributed by atoms with Gasteiger partial charge in [0.15, 0.2) is 0 Å². The van der Waals surface area contributed by atoms with Crippen molar-refractivity contribution in [2.24, 2.45) is 0 Å². The number of nitrogens with zero attached hydrogens (tertiary/aromatic N) is 1. The van der Waals surface area contributed by atoms with E-state index in [0.29, 0.717) is 6.04 Å². The molecule has 0 amide bonds. The molecule has 1 saturated heterocycles. The van der Waals surface area contributed by atoms with Crippen LogP contribution in [0, 0.1) is 0 Å². The monoisotopic (exact) mass is 343 g/mol. The molecule has 4 heteroatoms. The number of nitrogen functional groups attached to an aromatic ring is 1. The molecule has 0 spiro atoms. The van der Waals surface area contributed by atoms with Crippen molar-refractivity contribution in [2.75, 3.05) is 32.0 Å². The first-order valence-electron chi connectivity index (χ1n) is 9.10. The SMILES string of the molecule is C/C(=C\N/C=C\C=C/C(C)N1CCOCC1)c1ccc(N)cc1.CC. The Hall–Kier alpha value is -2.04. The summed E-state index contributed by atoms with van der Waals surface area (Å²) in [5, 5.41) is 3.19. The highest BCUT2D eigenvalue weighted by Crippen LogP contribution is 2.14. The first-order valence-corrected chi connectivity index (χ1v) is 9.10. The smallest absolute Gasteiger partial charge is 0.0594 e. The fourth-order valence-corrected chi connectivity index (χ4v) is 2.44. The molecule has 0 radical (unpaired) electrons. The van der Waals surface area contributed by atoms with Crippen LogP contribution in [0.1, 0.15) is 33.3 Å². The average molecular weight is 344 g/mol. The molecule has 4 nitrogen and oxygen atoms in total. The van der Waals surface area contributed by atoms with Gasteiger partial charge in [-0.25, -0.2) is 0 Å². The van der Waals surface area contributed by atoms with E-state index in [1.807, 2.05) is 56.6 Å². The molecule has 2 rings (SSSR count). The molecule has 138 valence electrons. The highest BCUT2D eigenvalue weighted by molar-refractivity contribution is 5.64. The average Bonchev–Trinajstić information content (AvgIpc) is 2.67. The van der Waals surface area contributed by atoms with Crippen molar-refractivity contribution < 1.29 is 4.74 Å². The summed E-state index contributed by atoms with van der Waals surface area (Å²) in [6, 6.07) is 8.32. The lowest BCUT2D eigenvalue weighted by Gasteiger charge is -2.30. The van der Waals surface area contributed by atoms with E-state index in [1.165, 1.54) is 5.57 Å². The van der Waals surface area contributed by atoms with Gasteiger partial charge in [0.25, 0.3) is 0 Å². The van der Waals surface area contributed by atoms with Gasteiger partial charge in [0.2, 0.25) is 0 Å². The first-order chi connectivity index (χ1) is 12.2. The van der Waals surface area contributed by atoms with Crippen molar-refractivity contribution in [3.8, 4) is 0 Å². The number of ether oxygens (including phenoxy) is 1. The Balaban J connectivity index is 0.00000151. The minimum absolute atomic E-state index is 0.440. The normalized spacial score (nSPS) is 17.4. The highest BCUT2D eigenvalue weighted by atomic mass is 16.5. The Kier molecular flexibility index (Phi) is 10.4. The van der Waals surface area contributed by atoms with E-state index in [-0.39, 0.29) is 0 Å². The maximum Gasteiger partial charge on any atom is 0.0594 e. The molecule has 1 atom stereocenters. The van der Waals surface area contributed by atoms with Gasteiger partial charge in [0.05, 0.1) is 13.2 Å². The molecule has 0 aromatic heterocycles. The summed E-state index contributed by atoms with van der Waals surface area (Å²) in [7, 11) is 0. The molecule has 1 aromatic rings. The fourth-order valence-electron chi connectivity index (χ4n) is 2.44. The molecule has 0 bridgehead atoms. The van der Waals surface area contributed by atoms with Crippen LogP contribution in [0.4, 0.5) is 5.69 Å². The molecule has 25 heavy (non-hydrogen) atoms. The van der Waals surface area contributed by atoms with E-state index in [1.54, 1.807) is 0 Å². The Labute approximate surface area is 153 Å². The van der Waals surface area contributed by atoms with E-state index in [4.69, 9.17) is 10.5 Å². The van der Waals surface area contributed by atoms with Crippen molar-refractivity contribution in [2.45, 2.75) is 33.7 Å². The zero-order valence-electron chi connectivity index (χ0n) is 16.0. The number of morpholine rings is 1. The second kappa shape index (κ2) is 12.3. The molecule has 1 heterocycles. The summed E-state index contributed by atoms with van der Waals surface area (Å²) in [4.78, 5) is 2.42. The third-order valence-corrected chi connectivity index (χ3v) is 3.98. The third-order valence-electron chi connectivity index (χ3n) is 3.98. The third kappa shape index (κ3) is 8.05. The highest BCUT2D eigenvalue weighted by Gasteiger charge is 2.13. The zero-order valence-corrected chi connectivity index (χ0v) is 16.0. The molecule has 1 unspecified atom stereocenters. The van der Waals surface area contributed by atoms with Crippen molar-refractivity contribution in [1.29, 1.82) is 0 Å². The Morgan fingerprint density at radius 2 is 1.80 bits per heavy atom. The molecule has 0 saturated carbocycles. The van der Waals surface area contributed by atoms with E-state index in [9.17, 15) is 0 Å². The second-order valence-electron chi connectivity index (χ2n) is 5.75. The van der Waals surface area contributed by atoms with Crippen LogP contribution in [0.3, 0.4) is 0 Å². The van der Waals surface area contributed by atoms with Gasteiger partial charge >= 0.3 is 0 Å². The van der Waals surface area contributed by atoms with Crippen LogP contribution in [-0.2, 0) is 4.74 Å². The van der Waals surface area contributed by atoms with Crippen molar-refractivity contribution in [3.63, 3.8) is 0 Å². The van der Waals surface area contributed by atoms with Gasteiger partial charge in [-0.15, -0.1) is 0 Å². The molecular formula is C21H33N3O. The lowest BCUT2D eigenvalue weighted by Crippen LogP contribution is -2.41. The molecule has 0 aliphatic carbocycles. The summed E-state index contributed by atoms with van der Waals surface area (Å²) < 4.78 is 5.37. The van der Waals surface area contributed by atoms with Gasteiger partial charge in [0.1, 0.15) is 0 Å². The van der Waals surface area contributed by atoms with Gasteiger partial charge in [-0.2, -0.15) is 0 Å². The minimum Gasteiger partial charge on any atom is -0.399 e. The summed E-state index contributed by atoms with van der Waals surface area (Å²) in [5.74, 6) is 0. The Morgan fingerprint density at radius 1 is 1.16 bits per heavy atom. The first kappa shape index (κ1) is 21.0. The molecule has 3 N–H and O–H groups in total. The number of hydrogen-bond donors (Lipinski definition) is 2. The standard InChI is InChI=1S/C19H27N3O.C2H6/c1-16(18-6-8-19(20)9-7-18)15-21-10-4-3-5-17(2)22-11-13-23-14-12-22;1-2/h3-10,15,17,21H,11-14,20H2,1-2H3;1-2H3/b5-3-,10-4-,16-15+;. The predicted octanol–water partition coefficient (Wildman–Crippen LogP) is 4.04. The lowest BCUT2D eigenvalue weighted by atomic mass is 10.1. The number of benzene rings is 1. The van der Waals surface area contributed by atoms with Crippen LogP contribution in [-0.4, -0.2) is 37.2 Å². The number of nitrogens with one attached hydrogen (secondary N) is 1. The molecule has 1 aromatic carbocycles. The zero-order chi connectivity index (χ0) is 18.5. The van der Waals surface area contributed by atoms with Gasteiger partial charge in [0, 0.05) is 37.2 Å². The number of nitrogens with two attached hydrogens (primary N) is 1. The number of allylic oxidation sites excluding steroid dienone is 3. The van der Waals surface area contributed by atoms with E-state index in [0.717, 1.165) is 37.6 Å². The maximum absolute atomic E-state index is 5.70. The lowest BCUT2D eigenvalue weighted by molar-refractivity contribution is 0.0287. The van der Waals surface area contributed by atoms with Gasteiger partial charge < -0.3 is 15.8 Å². The summed E-state index contributed by atoms with van der Waals surface area (Å²) in [6.45, 7) is 12.0. The minimum atomic E-state index is 0.440. The predicted molar refractivity (Wildman–Crippen MR) is 109 cm³/mol. The van der Waals surface area contributed by atoms with Crippen molar-refractivity contribution >= 4 is 11.3 Å². The fraction of sp³-hybridized carbons (Fsp3) is 0.429. The van der Waals surface area contributed by atoms with Crippen LogP contribution in [0.15, 0.2) is 54.9 Å². The van der Waals surface area contributed by atoms with Crippen LogP contribution in [0.25, 0.3) is 5.57 Å². The van der Waals surface area contributed by atoms with Crippen LogP contribution in [0.5, 0.6) is 0 Å². The Bertz CT molecular complexity index is 555. The summed E-state index contributed by atoms with van der Waals surface area (Å²) in [6.07, 6.45) is 10.2. The quantitative estimate of drug-likeness (QED) is 0.605. The number of anilines is 1. The van der Waals surface area contributed by atoms with Crippen molar-refractivity contribution in [1.82, 2.24) is 10.2 Å². The van der Waals surface area contributed by atoms with Crippen LogP contribution >= 0.6 is 0 Å². The molecule has 1 aliphatic heterocycles. The number of rotatable bonds is 6. The van der Waals surface area contributed by atoms with Crippen LogP contribution in [0.2, 0.25) is 0 Å². The molecule has 1 aliphatic rings. The second-order valence-corrected chi connectivity index (χ2v) is 5.75. The number of hydrogen-bond acceptors (Lipinski definition) is 4. The van der Waals surface area contributed by atoms with Gasteiger partial charge in [-0.05, 0) is 43.2 Å². The van der Waals surface area contributed by atoms with Gasteiger partial charge in [-0.3, -0.25) is 4.90 Å². The van der Waals surface area contributed by atoms with E-state index >= 15 is 0 Å². The molecule has 1 fully saturated rings. The van der Waals surface area contributed by atoms with Crippen molar-refractivity contribution in [3.05, 3.63) is 60.5 Å². The van der Waals surface area contributed by atoms with E-state index < -0.39 is 0 Å². The van der Waals surface area contributed by atoms with Crippen LogP contribution < -0.4 is 11.1 Å². The summed E-state index contributed by atoms with van der Waals surface area (Å²) >= 11 is 0. The maximum atomic E-state index is 5.70. The van der Waals surface area contributed by atoms with Gasteiger partial charge in [-0.1, -0.05) is 38.1 Å².